The van der Waals surface area contributed by atoms with Gasteiger partial charge in [-0.2, -0.15) is 0 Å². The Morgan fingerprint density at radius 2 is 2.00 bits per heavy atom. The molecule has 4 heteroatoms. The molecule has 0 amide bonds. The highest BCUT2D eigenvalue weighted by Gasteiger charge is 2.31. The van der Waals surface area contributed by atoms with Gasteiger partial charge in [0.05, 0.1) is 13.2 Å². The highest BCUT2D eigenvalue weighted by atomic mass is 16.5. The summed E-state index contributed by atoms with van der Waals surface area (Å²) in [6, 6.07) is 1.35. The van der Waals surface area contributed by atoms with Crippen LogP contribution < -0.4 is 5.32 Å². The van der Waals surface area contributed by atoms with Gasteiger partial charge in [-0.3, -0.25) is 0 Å². The SMILES string of the molecule is CCNC1CCN(CCCOCCOC)C(C)C1C. The molecule has 0 radical (unpaired) electrons. The van der Waals surface area contributed by atoms with Crippen LogP contribution in [0, 0.1) is 5.92 Å². The van der Waals surface area contributed by atoms with Gasteiger partial charge in [-0.25, -0.2) is 0 Å². The van der Waals surface area contributed by atoms with Gasteiger partial charge in [0.25, 0.3) is 0 Å². The zero-order valence-electron chi connectivity index (χ0n) is 13.2. The number of piperidine rings is 1. The molecule has 19 heavy (non-hydrogen) atoms. The van der Waals surface area contributed by atoms with Crippen molar-refractivity contribution in [1.29, 1.82) is 0 Å². The molecule has 0 aromatic carbocycles. The second-order valence-electron chi connectivity index (χ2n) is 5.55. The van der Waals surface area contributed by atoms with E-state index in [0.29, 0.717) is 25.3 Å². The second kappa shape index (κ2) is 9.70. The predicted molar refractivity (Wildman–Crippen MR) is 79.6 cm³/mol. The Hall–Kier alpha value is -0.160. The average Bonchev–Trinajstić information content (AvgIpc) is 2.41. The number of nitrogens with one attached hydrogen (secondary N) is 1. The third-order valence-corrected chi connectivity index (χ3v) is 4.33. The Bertz CT molecular complexity index is 226. The summed E-state index contributed by atoms with van der Waals surface area (Å²) in [5, 5.41) is 3.61. The molecule has 1 aliphatic rings. The Morgan fingerprint density at radius 3 is 2.68 bits per heavy atom. The van der Waals surface area contributed by atoms with Crippen LogP contribution in [0.5, 0.6) is 0 Å². The van der Waals surface area contributed by atoms with E-state index in [4.69, 9.17) is 9.47 Å². The van der Waals surface area contributed by atoms with Crippen molar-refractivity contribution in [1.82, 2.24) is 10.2 Å². The summed E-state index contributed by atoms with van der Waals surface area (Å²) in [6.45, 7) is 12.6. The van der Waals surface area contributed by atoms with Crippen LogP contribution in [0.2, 0.25) is 0 Å². The van der Waals surface area contributed by atoms with E-state index < -0.39 is 0 Å². The lowest BCUT2D eigenvalue weighted by Gasteiger charge is -2.43. The van der Waals surface area contributed by atoms with Crippen molar-refractivity contribution >= 4 is 0 Å². The lowest BCUT2D eigenvalue weighted by molar-refractivity contribution is 0.0492. The number of likely N-dealkylation sites (tertiary alicyclic amines) is 1. The summed E-state index contributed by atoms with van der Waals surface area (Å²) in [7, 11) is 1.71. The number of ether oxygens (including phenoxy) is 2. The van der Waals surface area contributed by atoms with Gasteiger partial charge in [-0.15, -0.1) is 0 Å². The minimum Gasteiger partial charge on any atom is -0.382 e. The maximum absolute atomic E-state index is 5.52. The quantitative estimate of drug-likeness (QED) is 0.648. The minimum absolute atomic E-state index is 0.664. The van der Waals surface area contributed by atoms with E-state index in [2.05, 4.69) is 31.0 Å². The maximum Gasteiger partial charge on any atom is 0.0700 e. The summed E-state index contributed by atoms with van der Waals surface area (Å²) in [6.07, 6.45) is 2.39. The van der Waals surface area contributed by atoms with Crippen LogP contribution in [-0.4, -0.2) is 63.5 Å². The fourth-order valence-electron chi connectivity index (χ4n) is 2.92. The van der Waals surface area contributed by atoms with Crippen molar-refractivity contribution in [2.75, 3.05) is 46.6 Å². The first-order chi connectivity index (χ1) is 9.20. The van der Waals surface area contributed by atoms with Crippen molar-refractivity contribution < 1.29 is 9.47 Å². The second-order valence-corrected chi connectivity index (χ2v) is 5.55. The number of rotatable bonds is 9. The highest BCUT2D eigenvalue weighted by molar-refractivity contribution is 4.88. The molecule has 4 nitrogen and oxygen atoms in total. The zero-order chi connectivity index (χ0) is 14.1. The normalized spacial score (nSPS) is 28.7. The van der Waals surface area contributed by atoms with Crippen LogP contribution in [0.15, 0.2) is 0 Å². The average molecular weight is 272 g/mol. The highest BCUT2D eigenvalue weighted by Crippen LogP contribution is 2.23. The summed E-state index contributed by atoms with van der Waals surface area (Å²) < 4.78 is 10.5. The lowest BCUT2D eigenvalue weighted by Crippen LogP contribution is -2.53. The Kier molecular flexibility index (Phi) is 8.62. The molecule has 1 heterocycles. The molecule has 0 spiro atoms. The molecular formula is C15H32N2O2. The van der Waals surface area contributed by atoms with Gasteiger partial charge in [0.2, 0.25) is 0 Å². The van der Waals surface area contributed by atoms with Crippen LogP contribution in [0.1, 0.15) is 33.6 Å². The van der Waals surface area contributed by atoms with Crippen molar-refractivity contribution in [3.05, 3.63) is 0 Å². The molecule has 0 bridgehead atoms. The van der Waals surface area contributed by atoms with Gasteiger partial charge in [0.1, 0.15) is 0 Å². The molecule has 3 unspecified atom stereocenters. The van der Waals surface area contributed by atoms with Gasteiger partial charge in [-0.05, 0) is 38.8 Å². The first-order valence-corrected chi connectivity index (χ1v) is 7.74. The van der Waals surface area contributed by atoms with Gasteiger partial charge in [0, 0.05) is 32.3 Å². The minimum atomic E-state index is 0.664. The Labute approximate surface area is 118 Å². The van der Waals surface area contributed by atoms with Crippen LogP contribution in [0.25, 0.3) is 0 Å². The van der Waals surface area contributed by atoms with Crippen molar-refractivity contribution in [2.24, 2.45) is 5.92 Å². The van der Waals surface area contributed by atoms with E-state index in [1.54, 1.807) is 7.11 Å². The summed E-state index contributed by atoms with van der Waals surface area (Å²) in [5.74, 6) is 0.725. The summed E-state index contributed by atoms with van der Waals surface area (Å²) >= 11 is 0. The zero-order valence-corrected chi connectivity index (χ0v) is 13.2. The Balaban J connectivity index is 2.17. The molecular weight excluding hydrogens is 240 g/mol. The van der Waals surface area contributed by atoms with Crippen LogP contribution in [-0.2, 0) is 9.47 Å². The fourth-order valence-corrected chi connectivity index (χ4v) is 2.92. The number of hydrogen-bond acceptors (Lipinski definition) is 4. The molecule has 1 saturated heterocycles. The number of hydrogen-bond donors (Lipinski definition) is 1. The molecule has 0 aliphatic carbocycles. The third kappa shape index (κ3) is 5.78. The van der Waals surface area contributed by atoms with Gasteiger partial charge in [-0.1, -0.05) is 13.8 Å². The van der Waals surface area contributed by atoms with Crippen LogP contribution in [0.3, 0.4) is 0 Å². The van der Waals surface area contributed by atoms with Gasteiger partial charge >= 0.3 is 0 Å². The molecule has 1 N–H and O–H groups in total. The van der Waals surface area contributed by atoms with E-state index in [0.717, 1.165) is 32.0 Å². The van der Waals surface area contributed by atoms with Crippen LogP contribution >= 0.6 is 0 Å². The maximum atomic E-state index is 5.52. The molecule has 0 aromatic rings. The third-order valence-electron chi connectivity index (χ3n) is 4.33. The lowest BCUT2D eigenvalue weighted by atomic mass is 9.87. The number of methoxy groups -OCH3 is 1. The molecule has 114 valence electrons. The molecule has 3 atom stereocenters. The van der Waals surface area contributed by atoms with E-state index in [9.17, 15) is 0 Å². The van der Waals surface area contributed by atoms with E-state index in [1.165, 1.54) is 13.0 Å². The van der Waals surface area contributed by atoms with Crippen molar-refractivity contribution in [3.8, 4) is 0 Å². The van der Waals surface area contributed by atoms with E-state index in [1.807, 2.05) is 0 Å². The topological polar surface area (TPSA) is 33.7 Å². The standard InChI is InChI=1S/C15H32N2O2/c1-5-16-15-7-9-17(14(3)13(15)2)8-6-10-19-12-11-18-4/h13-16H,5-12H2,1-4H3. The van der Waals surface area contributed by atoms with Gasteiger partial charge < -0.3 is 19.7 Å². The fraction of sp³-hybridized carbons (Fsp3) is 1.00. The van der Waals surface area contributed by atoms with E-state index >= 15 is 0 Å². The van der Waals surface area contributed by atoms with Crippen molar-refractivity contribution in [3.63, 3.8) is 0 Å². The first-order valence-electron chi connectivity index (χ1n) is 7.74. The molecule has 1 aliphatic heterocycles. The summed E-state index contributed by atoms with van der Waals surface area (Å²) in [5.41, 5.74) is 0. The summed E-state index contributed by atoms with van der Waals surface area (Å²) in [4.78, 5) is 2.61. The predicted octanol–water partition coefficient (Wildman–Crippen LogP) is 1.75. The first kappa shape index (κ1) is 16.9. The molecule has 0 saturated carbocycles. The molecule has 1 fully saturated rings. The van der Waals surface area contributed by atoms with Crippen LogP contribution in [0.4, 0.5) is 0 Å². The van der Waals surface area contributed by atoms with E-state index in [-0.39, 0.29) is 0 Å². The largest absolute Gasteiger partial charge is 0.382 e. The number of nitrogens with zero attached hydrogens (tertiary/aromatic N) is 1. The molecule has 1 rings (SSSR count). The molecule has 0 aromatic heterocycles. The monoisotopic (exact) mass is 272 g/mol. The smallest absolute Gasteiger partial charge is 0.0700 e. The van der Waals surface area contributed by atoms with Crippen molar-refractivity contribution in [2.45, 2.75) is 45.7 Å². The van der Waals surface area contributed by atoms with Gasteiger partial charge in [0.15, 0.2) is 0 Å². The Morgan fingerprint density at radius 1 is 1.21 bits per heavy atom.